The summed E-state index contributed by atoms with van der Waals surface area (Å²) in [7, 11) is 1.33. The number of nitrogens with zero attached hydrogens (tertiary/aromatic N) is 1. The lowest BCUT2D eigenvalue weighted by molar-refractivity contribution is -0.385. The van der Waals surface area contributed by atoms with Crippen LogP contribution in [0.4, 0.5) is 5.69 Å². The molecule has 1 aromatic carbocycles. The van der Waals surface area contributed by atoms with Crippen molar-refractivity contribution in [1.29, 1.82) is 0 Å². The Morgan fingerprint density at radius 3 is 2.48 bits per heavy atom. The predicted octanol–water partition coefficient (Wildman–Crippen LogP) is 3.27. The highest BCUT2D eigenvalue weighted by Gasteiger charge is 2.28. The molecule has 116 valence electrons. The molecule has 0 aliphatic carbocycles. The Hall–Kier alpha value is -1.15. The van der Waals surface area contributed by atoms with Crippen LogP contribution in [0.5, 0.6) is 5.75 Å². The molecule has 1 rings (SSSR count). The summed E-state index contributed by atoms with van der Waals surface area (Å²) < 4.78 is 4.97. The van der Waals surface area contributed by atoms with Crippen LogP contribution in [0.2, 0.25) is 0 Å². The van der Waals surface area contributed by atoms with Crippen LogP contribution < -0.4 is 10.1 Å². The van der Waals surface area contributed by atoms with Gasteiger partial charge in [-0.2, -0.15) is 0 Å². The number of rotatable bonds is 7. The lowest BCUT2D eigenvalue weighted by atomic mass is 10.0. The number of nitro benzene ring substituents is 1. The Morgan fingerprint density at radius 2 is 2.05 bits per heavy atom. The molecule has 0 aliphatic heterocycles. The minimum atomic E-state index is -0.548. The Morgan fingerprint density at radius 1 is 1.43 bits per heavy atom. The first-order chi connectivity index (χ1) is 9.92. The third kappa shape index (κ3) is 4.16. The first-order valence-corrected chi connectivity index (χ1v) is 8.44. The molecule has 0 aromatic heterocycles. The first-order valence-electron chi connectivity index (χ1n) is 6.20. The van der Waals surface area contributed by atoms with E-state index in [0.29, 0.717) is 16.2 Å². The van der Waals surface area contributed by atoms with Crippen LogP contribution in [0.15, 0.2) is 18.2 Å². The van der Waals surface area contributed by atoms with Crippen LogP contribution in [0.3, 0.4) is 0 Å². The molecule has 1 N–H and O–H groups in total. The van der Waals surface area contributed by atoms with Gasteiger partial charge >= 0.3 is 5.69 Å². The minimum Gasteiger partial charge on any atom is -0.490 e. The van der Waals surface area contributed by atoms with Gasteiger partial charge in [0, 0.05) is 28.4 Å². The first kappa shape index (κ1) is 17.9. The summed E-state index contributed by atoms with van der Waals surface area (Å²) in [6.45, 7) is 1.97. The molecule has 8 heteroatoms. The maximum Gasteiger partial charge on any atom is 0.310 e. The number of nitro groups is 1. The second-order valence-electron chi connectivity index (χ2n) is 4.50. The van der Waals surface area contributed by atoms with Crippen molar-refractivity contribution >= 4 is 43.5 Å². The maximum atomic E-state index is 12.3. The van der Waals surface area contributed by atoms with Crippen molar-refractivity contribution in [2.45, 2.75) is 18.9 Å². The van der Waals surface area contributed by atoms with E-state index in [9.17, 15) is 14.9 Å². The van der Waals surface area contributed by atoms with E-state index < -0.39 is 10.5 Å². The topological polar surface area (TPSA) is 81.5 Å². The van der Waals surface area contributed by atoms with E-state index in [1.807, 2.05) is 6.92 Å². The number of halogens is 2. The van der Waals surface area contributed by atoms with Crippen molar-refractivity contribution in [3.63, 3.8) is 0 Å². The van der Waals surface area contributed by atoms with E-state index in [-0.39, 0.29) is 17.3 Å². The Kier molecular flexibility index (Phi) is 6.60. The quantitative estimate of drug-likeness (QED) is 0.414. The molecule has 1 amide bonds. The van der Waals surface area contributed by atoms with Crippen molar-refractivity contribution in [3.05, 3.63) is 33.9 Å². The Labute approximate surface area is 139 Å². The monoisotopic (exact) mass is 422 g/mol. The summed E-state index contributed by atoms with van der Waals surface area (Å²) in [5.41, 5.74) is -0.263. The third-order valence-electron chi connectivity index (χ3n) is 3.21. The van der Waals surface area contributed by atoms with Crippen molar-refractivity contribution in [2.75, 3.05) is 17.8 Å². The summed E-state index contributed by atoms with van der Waals surface area (Å²) in [4.78, 5) is 22.6. The van der Waals surface area contributed by atoms with Crippen molar-refractivity contribution < 1.29 is 14.5 Å². The zero-order valence-corrected chi connectivity index (χ0v) is 14.9. The largest absolute Gasteiger partial charge is 0.490 e. The molecular weight excluding hydrogens is 408 g/mol. The van der Waals surface area contributed by atoms with Crippen LogP contribution in [0, 0.1) is 10.1 Å². The zero-order chi connectivity index (χ0) is 16.0. The van der Waals surface area contributed by atoms with Crippen molar-refractivity contribution in [3.8, 4) is 5.75 Å². The standard InChI is InChI=1S/C13H16Br2N2O4/c1-3-13(7-14,8-15)16-12(18)9-4-5-10(17(19)20)11(6-9)21-2/h4-6H,3,7-8H2,1-2H3,(H,16,18). The summed E-state index contributed by atoms with van der Waals surface area (Å²) in [5.74, 6) is -0.239. The van der Waals surface area contributed by atoms with Gasteiger partial charge in [-0.1, -0.05) is 38.8 Å². The number of hydrogen-bond donors (Lipinski definition) is 1. The van der Waals surface area contributed by atoms with Crippen molar-refractivity contribution in [1.82, 2.24) is 5.32 Å². The van der Waals surface area contributed by atoms with E-state index in [2.05, 4.69) is 37.2 Å². The normalized spacial score (nSPS) is 11.0. The maximum absolute atomic E-state index is 12.3. The van der Waals surface area contributed by atoms with E-state index in [4.69, 9.17) is 4.74 Å². The van der Waals surface area contributed by atoms with Crippen LogP contribution in [0.25, 0.3) is 0 Å². The van der Waals surface area contributed by atoms with Crippen molar-refractivity contribution in [2.24, 2.45) is 0 Å². The molecule has 0 spiro atoms. The van der Waals surface area contributed by atoms with Crippen LogP contribution in [-0.2, 0) is 0 Å². The van der Waals surface area contributed by atoms with E-state index >= 15 is 0 Å². The lowest BCUT2D eigenvalue weighted by Gasteiger charge is -2.30. The minimum absolute atomic E-state index is 0.0624. The summed E-state index contributed by atoms with van der Waals surface area (Å²) >= 11 is 6.79. The number of carbonyl (C=O) groups is 1. The van der Waals surface area contributed by atoms with Gasteiger partial charge in [-0.3, -0.25) is 14.9 Å². The summed E-state index contributed by atoms with van der Waals surface area (Å²) in [6, 6.07) is 4.05. The second kappa shape index (κ2) is 7.74. The number of methoxy groups -OCH3 is 1. The Bertz CT molecular complexity index is 525. The van der Waals surface area contributed by atoms with Gasteiger partial charge in [0.25, 0.3) is 5.91 Å². The van der Waals surface area contributed by atoms with Gasteiger partial charge in [-0.15, -0.1) is 0 Å². The highest BCUT2D eigenvalue weighted by atomic mass is 79.9. The number of hydrogen-bond acceptors (Lipinski definition) is 4. The smallest absolute Gasteiger partial charge is 0.310 e. The number of nitrogens with one attached hydrogen (secondary N) is 1. The van der Waals surface area contributed by atoms with E-state index in [0.717, 1.165) is 6.42 Å². The van der Waals surface area contributed by atoms with Gasteiger partial charge in [0.05, 0.1) is 17.6 Å². The fraction of sp³-hybridized carbons (Fsp3) is 0.462. The fourth-order valence-corrected chi connectivity index (χ4v) is 3.66. The highest BCUT2D eigenvalue weighted by Crippen LogP contribution is 2.28. The number of benzene rings is 1. The van der Waals surface area contributed by atoms with Gasteiger partial charge < -0.3 is 10.1 Å². The molecule has 0 heterocycles. The van der Waals surface area contributed by atoms with E-state index in [1.54, 1.807) is 0 Å². The molecule has 6 nitrogen and oxygen atoms in total. The van der Waals surface area contributed by atoms with Gasteiger partial charge in [0.2, 0.25) is 0 Å². The molecule has 0 saturated heterocycles. The third-order valence-corrected chi connectivity index (χ3v) is 5.35. The summed E-state index contributed by atoms with van der Waals surface area (Å²) in [5, 5.41) is 15.0. The number of alkyl halides is 2. The van der Waals surface area contributed by atoms with Gasteiger partial charge in [-0.25, -0.2) is 0 Å². The Balaban J connectivity index is 3.06. The van der Waals surface area contributed by atoms with Gasteiger partial charge in [-0.05, 0) is 12.5 Å². The van der Waals surface area contributed by atoms with Crippen LogP contribution >= 0.6 is 31.9 Å². The SMILES string of the molecule is CCC(CBr)(CBr)NC(=O)c1ccc([N+](=O)[O-])c(OC)c1. The highest BCUT2D eigenvalue weighted by molar-refractivity contribution is 9.09. The molecule has 1 aromatic rings. The zero-order valence-electron chi connectivity index (χ0n) is 11.7. The lowest BCUT2D eigenvalue weighted by Crippen LogP contribution is -2.51. The second-order valence-corrected chi connectivity index (χ2v) is 5.62. The van der Waals surface area contributed by atoms with Crippen LogP contribution in [-0.4, -0.2) is 34.1 Å². The molecule has 21 heavy (non-hydrogen) atoms. The molecule has 0 atom stereocenters. The number of carbonyl (C=O) groups excluding carboxylic acids is 1. The molecule has 0 unspecified atom stereocenters. The average molecular weight is 424 g/mol. The molecule has 0 bridgehead atoms. The molecule has 0 aliphatic rings. The molecular formula is C13H16Br2N2O4. The number of amides is 1. The molecule has 0 fully saturated rings. The molecule has 0 radical (unpaired) electrons. The van der Waals surface area contributed by atoms with E-state index in [1.165, 1.54) is 25.3 Å². The predicted molar refractivity (Wildman–Crippen MR) is 87.7 cm³/mol. The van der Waals surface area contributed by atoms with Gasteiger partial charge in [0.1, 0.15) is 0 Å². The van der Waals surface area contributed by atoms with Gasteiger partial charge in [0.15, 0.2) is 5.75 Å². The number of ether oxygens (including phenoxy) is 1. The summed E-state index contributed by atoms with van der Waals surface area (Å²) in [6.07, 6.45) is 0.735. The average Bonchev–Trinajstić information content (AvgIpc) is 2.51. The van der Waals surface area contributed by atoms with Crippen LogP contribution in [0.1, 0.15) is 23.7 Å². The fourth-order valence-electron chi connectivity index (χ4n) is 1.66. The molecule has 0 saturated carbocycles.